The van der Waals surface area contributed by atoms with Gasteiger partial charge in [0.05, 0.1) is 10.6 Å². The molecule has 0 radical (unpaired) electrons. The minimum atomic E-state index is -4.86. The molecule has 0 saturated carbocycles. The fourth-order valence-electron chi connectivity index (χ4n) is 2.55. The summed E-state index contributed by atoms with van der Waals surface area (Å²) in [5.41, 5.74) is -3.26. The number of hydrogen-bond acceptors (Lipinski definition) is 3. The molecule has 1 unspecified atom stereocenters. The van der Waals surface area contributed by atoms with Gasteiger partial charge in [-0.3, -0.25) is 4.31 Å². The zero-order valence-electron chi connectivity index (χ0n) is 14.8. The van der Waals surface area contributed by atoms with E-state index in [0.717, 1.165) is 16.4 Å². The Kier molecular flexibility index (Phi) is 5.85. The molecule has 0 aromatic heterocycles. The summed E-state index contributed by atoms with van der Waals surface area (Å²) >= 11 is 5.88. The molecule has 0 aliphatic carbocycles. The van der Waals surface area contributed by atoms with Gasteiger partial charge in [0.2, 0.25) is 0 Å². The quantitative estimate of drug-likeness (QED) is 0.760. The Morgan fingerprint density at radius 2 is 1.63 bits per heavy atom. The molecule has 2 aromatic carbocycles. The van der Waals surface area contributed by atoms with Gasteiger partial charge in [-0.2, -0.15) is 13.2 Å². The average Bonchev–Trinajstić information content (AvgIpc) is 2.54. The van der Waals surface area contributed by atoms with Crippen LogP contribution in [0.1, 0.15) is 26.3 Å². The van der Waals surface area contributed by atoms with Crippen LogP contribution >= 0.6 is 11.6 Å². The van der Waals surface area contributed by atoms with Crippen molar-refractivity contribution in [3.63, 3.8) is 0 Å². The van der Waals surface area contributed by atoms with Gasteiger partial charge in [-0.05, 0) is 56.7 Å². The molecule has 4 nitrogen and oxygen atoms in total. The second kappa shape index (κ2) is 7.33. The van der Waals surface area contributed by atoms with Crippen LogP contribution in [-0.2, 0) is 15.6 Å². The lowest BCUT2D eigenvalue weighted by Crippen LogP contribution is -2.39. The molecule has 0 fully saturated rings. The first-order chi connectivity index (χ1) is 12.3. The Balaban J connectivity index is 2.50. The molecule has 0 amide bonds. The van der Waals surface area contributed by atoms with E-state index in [1.165, 1.54) is 36.4 Å². The molecular weight excluding hydrogens is 403 g/mol. The SMILES string of the molecule is CC(C)N(c1ccc(C(C)(O)C(F)(F)F)cc1)S(=O)(=O)c1cccc(Cl)c1. The molecule has 0 saturated heterocycles. The van der Waals surface area contributed by atoms with Crippen molar-refractivity contribution in [2.45, 2.75) is 43.5 Å². The van der Waals surface area contributed by atoms with Gasteiger partial charge in [0.25, 0.3) is 10.0 Å². The van der Waals surface area contributed by atoms with E-state index in [2.05, 4.69) is 0 Å². The highest BCUT2D eigenvalue weighted by atomic mass is 35.5. The zero-order valence-corrected chi connectivity index (χ0v) is 16.4. The molecule has 148 valence electrons. The minimum Gasteiger partial charge on any atom is -0.376 e. The number of hydrogen-bond donors (Lipinski definition) is 1. The lowest BCUT2D eigenvalue weighted by molar-refractivity contribution is -0.258. The number of anilines is 1. The molecule has 2 aromatic rings. The predicted molar refractivity (Wildman–Crippen MR) is 98.3 cm³/mol. The van der Waals surface area contributed by atoms with Crippen LogP contribution in [0.15, 0.2) is 53.4 Å². The van der Waals surface area contributed by atoms with E-state index in [0.29, 0.717) is 6.92 Å². The number of aliphatic hydroxyl groups is 1. The van der Waals surface area contributed by atoms with Crippen LogP contribution in [0.25, 0.3) is 0 Å². The molecule has 0 heterocycles. The van der Waals surface area contributed by atoms with Crippen LogP contribution in [0, 0.1) is 0 Å². The standard InChI is InChI=1S/C18H19ClF3NO3S/c1-12(2)23(27(25,26)16-6-4-5-14(19)11-16)15-9-7-13(8-10-15)17(3,24)18(20,21)22/h4-12,24H,1-3H3. The molecule has 0 aliphatic rings. The highest BCUT2D eigenvalue weighted by Crippen LogP contribution is 2.39. The Hall–Kier alpha value is -1.77. The van der Waals surface area contributed by atoms with Crippen molar-refractivity contribution >= 4 is 27.3 Å². The van der Waals surface area contributed by atoms with Gasteiger partial charge < -0.3 is 5.11 Å². The smallest absolute Gasteiger partial charge is 0.376 e. The second-order valence-electron chi connectivity index (χ2n) is 6.47. The van der Waals surface area contributed by atoms with Crippen LogP contribution in [-0.4, -0.2) is 25.7 Å². The van der Waals surface area contributed by atoms with Crippen molar-refractivity contribution in [2.24, 2.45) is 0 Å². The van der Waals surface area contributed by atoms with E-state index in [1.807, 2.05) is 0 Å². The van der Waals surface area contributed by atoms with Gasteiger partial charge in [-0.15, -0.1) is 0 Å². The number of sulfonamides is 1. The first kappa shape index (κ1) is 21.5. The van der Waals surface area contributed by atoms with E-state index in [1.54, 1.807) is 13.8 Å². The Labute approximate surface area is 161 Å². The van der Waals surface area contributed by atoms with Crippen molar-refractivity contribution in [3.8, 4) is 0 Å². The summed E-state index contributed by atoms with van der Waals surface area (Å²) in [7, 11) is -3.99. The fraction of sp³-hybridized carbons (Fsp3) is 0.333. The lowest BCUT2D eigenvalue weighted by Gasteiger charge is -2.30. The van der Waals surface area contributed by atoms with Gasteiger partial charge in [0, 0.05) is 11.1 Å². The van der Waals surface area contributed by atoms with Crippen molar-refractivity contribution in [3.05, 3.63) is 59.1 Å². The third-order valence-electron chi connectivity index (χ3n) is 4.06. The summed E-state index contributed by atoms with van der Waals surface area (Å²) in [6.07, 6.45) is -4.86. The number of benzene rings is 2. The predicted octanol–water partition coefficient (Wildman–Crippen LogP) is 4.71. The van der Waals surface area contributed by atoms with E-state index in [9.17, 15) is 26.7 Å². The van der Waals surface area contributed by atoms with E-state index < -0.39 is 27.8 Å². The summed E-state index contributed by atoms with van der Waals surface area (Å²) in [4.78, 5) is -0.0323. The molecule has 2 rings (SSSR count). The number of alkyl halides is 3. The molecule has 0 aliphatic heterocycles. The second-order valence-corrected chi connectivity index (χ2v) is 8.72. The third kappa shape index (κ3) is 4.23. The zero-order chi connectivity index (χ0) is 20.6. The number of rotatable bonds is 5. The highest BCUT2D eigenvalue weighted by Gasteiger charge is 2.51. The van der Waals surface area contributed by atoms with Crippen LogP contribution in [0.2, 0.25) is 5.02 Å². The summed E-state index contributed by atoms with van der Waals surface area (Å²) < 4.78 is 66.1. The molecule has 0 spiro atoms. The van der Waals surface area contributed by atoms with Gasteiger partial charge >= 0.3 is 6.18 Å². The summed E-state index contributed by atoms with van der Waals surface area (Å²) in [5.74, 6) is 0. The van der Waals surface area contributed by atoms with Crippen molar-refractivity contribution in [2.75, 3.05) is 4.31 Å². The summed E-state index contributed by atoms with van der Waals surface area (Å²) in [6, 6.07) is 9.80. The molecule has 1 N–H and O–H groups in total. The molecular formula is C18H19ClF3NO3S. The monoisotopic (exact) mass is 421 g/mol. The number of nitrogens with zero attached hydrogens (tertiary/aromatic N) is 1. The normalized spacial score (nSPS) is 14.9. The van der Waals surface area contributed by atoms with Gasteiger partial charge in [-0.25, -0.2) is 8.42 Å². The average molecular weight is 422 g/mol. The van der Waals surface area contributed by atoms with Crippen LogP contribution in [0.4, 0.5) is 18.9 Å². The highest BCUT2D eigenvalue weighted by molar-refractivity contribution is 7.92. The summed E-state index contributed by atoms with van der Waals surface area (Å²) in [6.45, 7) is 3.93. The van der Waals surface area contributed by atoms with Crippen LogP contribution in [0.5, 0.6) is 0 Å². The molecule has 0 bridgehead atoms. The largest absolute Gasteiger partial charge is 0.421 e. The van der Waals surface area contributed by atoms with Gasteiger partial charge in [0.1, 0.15) is 0 Å². The van der Waals surface area contributed by atoms with Gasteiger partial charge in [-0.1, -0.05) is 29.8 Å². The van der Waals surface area contributed by atoms with E-state index in [4.69, 9.17) is 11.6 Å². The third-order valence-corrected chi connectivity index (χ3v) is 6.29. The van der Waals surface area contributed by atoms with Gasteiger partial charge in [0.15, 0.2) is 5.60 Å². The Bertz CT molecular complexity index is 910. The van der Waals surface area contributed by atoms with Crippen molar-refractivity contribution < 1.29 is 26.7 Å². The maximum absolute atomic E-state index is 13.0. The van der Waals surface area contributed by atoms with E-state index >= 15 is 0 Å². The first-order valence-corrected chi connectivity index (χ1v) is 9.80. The molecule has 27 heavy (non-hydrogen) atoms. The number of halogens is 4. The van der Waals surface area contributed by atoms with Crippen molar-refractivity contribution in [1.29, 1.82) is 0 Å². The van der Waals surface area contributed by atoms with Crippen LogP contribution in [0.3, 0.4) is 0 Å². The maximum Gasteiger partial charge on any atom is 0.421 e. The first-order valence-electron chi connectivity index (χ1n) is 7.98. The fourth-order valence-corrected chi connectivity index (χ4v) is 4.51. The topological polar surface area (TPSA) is 57.6 Å². The summed E-state index contributed by atoms with van der Waals surface area (Å²) in [5, 5.41) is 10.0. The lowest BCUT2D eigenvalue weighted by atomic mass is 9.95. The van der Waals surface area contributed by atoms with Crippen LogP contribution < -0.4 is 4.31 Å². The van der Waals surface area contributed by atoms with E-state index in [-0.39, 0.29) is 21.2 Å². The molecule has 1 atom stereocenters. The Morgan fingerprint density at radius 3 is 2.07 bits per heavy atom. The maximum atomic E-state index is 13.0. The van der Waals surface area contributed by atoms with Crippen molar-refractivity contribution in [1.82, 2.24) is 0 Å². The Morgan fingerprint density at radius 1 is 1.07 bits per heavy atom. The minimum absolute atomic E-state index is 0.0323. The molecule has 9 heteroatoms.